The van der Waals surface area contributed by atoms with Crippen molar-refractivity contribution in [2.24, 2.45) is 0 Å². The van der Waals surface area contributed by atoms with Gasteiger partial charge in [0.2, 0.25) is 0 Å². The van der Waals surface area contributed by atoms with Gasteiger partial charge < -0.3 is 9.80 Å². The van der Waals surface area contributed by atoms with E-state index < -0.39 is 0 Å². The minimum Gasteiger partial charge on any atom is -0.373 e. The molecule has 1 aromatic carbocycles. The molecule has 2 nitrogen and oxygen atoms in total. The summed E-state index contributed by atoms with van der Waals surface area (Å²) >= 11 is 0. The first kappa shape index (κ1) is 11.1. The Labute approximate surface area is 104 Å². The SMILES string of the molecule is Cc1ccc2c(c1)C1(CCN(C)CC1)CN2C. The van der Waals surface area contributed by atoms with Crippen LogP contribution in [0.25, 0.3) is 0 Å². The van der Waals surface area contributed by atoms with E-state index in [1.54, 1.807) is 5.56 Å². The minimum absolute atomic E-state index is 0.433. The third kappa shape index (κ3) is 1.66. The summed E-state index contributed by atoms with van der Waals surface area (Å²) in [6, 6.07) is 6.96. The predicted molar refractivity (Wildman–Crippen MR) is 72.9 cm³/mol. The summed E-state index contributed by atoms with van der Waals surface area (Å²) in [5.74, 6) is 0. The van der Waals surface area contributed by atoms with Crippen molar-refractivity contribution in [3.8, 4) is 0 Å². The lowest BCUT2D eigenvalue weighted by Gasteiger charge is -2.38. The Kier molecular flexibility index (Phi) is 2.44. The van der Waals surface area contributed by atoms with Crippen molar-refractivity contribution in [3.05, 3.63) is 29.3 Å². The summed E-state index contributed by atoms with van der Waals surface area (Å²) in [7, 11) is 4.48. The summed E-state index contributed by atoms with van der Waals surface area (Å²) in [5, 5.41) is 0. The van der Waals surface area contributed by atoms with E-state index in [-0.39, 0.29) is 0 Å². The van der Waals surface area contributed by atoms with Gasteiger partial charge in [-0.2, -0.15) is 0 Å². The van der Waals surface area contributed by atoms with Gasteiger partial charge in [0.15, 0.2) is 0 Å². The van der Waals surface area contributed by atoms with Crippen LogP contribution in [0.1, 0.15) is 24.0 Å². The molecule has 0 radical (unpaired) electrons. The van der Waals surface area contributed by atoms with E-state index in [0.717, 1.165) is 0 Å². The van der Waals surface area contributed by atoms with Crippen LogP contribution in [0.4, 0.5) is 5.69 Å². The standard InChI is InChI=1S/C15H22N2/c1-12-4-5-14-13(10-12)15(11-17(14)3)6-8-16(2)9-7-15/h4-5,10H,6-9,11H2,1-3H3. The molecule has 92 valence electrons. The number of aryl methyl sites for hydroxylation is 1. The van der Waals surface area contributed by atoms with Gasteiger partial charge in [-0.25, -0.2) is 0 Å². The van der Waals surface area contributed by atoms with E-state index in [0.29, 0.717) is 5.41 Å². The molecule has 1 spiro atoms. The van der Waals surface area contributed by atoms with Gasteiger partial charge in [-0.1, -0.05) is 17.7 Å². The Morgan fingerprint density at radius 2 is 1.82 bits per heavy atom. The molecule has 2 heteroatoms. The molecule has 2 aliphatic heterocycles. The fourth-order valence-electron chi connectivity index (χ4n) is 3.51. The van der Waals surface area contributed by atoms with E-state index in [1.807, 2.05) is 0 Å². The highest BCUT2D eigenvalue weighted by Crippen LogP contribution is 2.46. The van der Waals surface area contributed by atoms with Crippen LogP contribution in [0.5, 0.6) is 0 Å². The van der Waals surface area contributed by atoms with Crippen molar-refractivity contribution in [3.63, 3.8) is 0 Å². The van der Waals surface area contributed by atoms with E-state index >= 15 is 0 Å². The maximum atomic E-state index is 2.46. The number of likely N-dealkylation sites (N-methyl/N-ethyl adjacent to an activating group) is 1. The molecule has 1 fully saturated rings. The maximum absolute atomic E-state index is 2.46. The highest BCUT2D eigenvalue weighted by Gasteiger charge is 2.42. The third-order valence-electron chi connectivity index (χ3n) is 4.62. The Morgan fingerprint density at radius 1 is 1.12 bits per heavy atom. The van der Waals surface area contributed by atoms with E-state index in [2.05, 4.69) is 49.0 Å². The highest BCUT2D eigenvalue weighted by molar-refractivity contribution is 5.63. The molecule has 0 atom stereocenters. The molecule has 0 aromatic heterocycles. The van der Waals surface area contributed by atoms with Gasteiger partial charge in [0.1, 0.15) is 0 Å². The van der Waals surface area contributed by atoms with Gasteiger partial charge in [-0.05, 0) is 51.5 Å². The molecule has 0 N–H and O–H groups in total. The summed E-state index contributed by atoms with van der Waals surface area (Å²) in [5.41, 5.74) is 4.90. The van der Waals surface area contributed by atoms with Crippen LogP contribution in [-0.4, -0.2) is 38.6 Å². The monoisotopic (exact) mass is 230 g/mol. The zero-order valence-electron chi connectivity index (χ0n) is 11.2. The molecule has 0 bridgehead atoms. The van der Waals surface area contributed by atoms with Crippen molar-refractivity contribution in [2.45, 2.75) is 25.2 Å². The maximum Gasteiger partial charge on any atom is 0.0403 e. The molecular weight excluding hydrogens is 208 g/mol. The minimum atomic E-state index is 0.433. The molecule has 1 saturated heterocycles. The van der Waals surface area contributed by atoms with Crippen molar-refractivity contribution < 1.29 is 0 Å². The lowest BCUT2D eigenvalue weighted by molar-refractivity contribution is 0.197. The van der Waals surface area contributed by atoms with Crippen LogP contribution in [0, 0.1) is 6.92 Å². The van der Waals surface area contributed by atoms with Gasteiger partial charge >= 0.3 is 0 Å². The number of rotatable bonds is 0. The molecule has 0 saturated carbocycles. The lowest BCUT2D eigenvalue weighted by atomic mass is 9.74. The largest absolute Gasteiger partial charge is 0.373 e. The van der Waals surface area contributed by atoms with E-state index in [9.17, 15) is 0 Å². The zero-order chi connectivity index (χ0) is 12.0. The number of anilines is 1. The van der Waals surface area contributed by atoms with Gasteiger partial charge in [0, 0.05) is 24.7 Å². The zero-order valence-corrected chi connectivity index (χ0v) is 11.2. The second-order valence-corrected chi connectivity index (χ2v) is 5.96. The molecule has 17 heavy (non-hydrogen) atoms. The summed E-state index contributed by atoms with van der Waals surface area (Å²) < 4.78 is 0. The Hall–Kier alpha value is -1.02. The van der Waals surface area contributed by atoms with Gasteiger partial charge in [-0.15, -0.1) is 0 Å². The second-order valence-electron chi connectivity index (χ2n) is 5.96. The van der Waals surface area contributed by atoms with Crippen molar-refractivity contribution in [1.29, 1.82) is 0 Å². The average Bonchev–Trinajstić information content (AvgIpc) is 2.57. The van der Waals surface area contributed by atoms with Gasteiger partial charge in [0.05, 0.1) is 0 Å². The molecule has 2 heterocycles. The Bertz CT molecular complexity index is 431. The van der Waals surface area contributed by atoms with Crippen LogP contribution in [-0.2, 0) is 5.41 Å². The van der Waals surface area contributed by atoms with Crippen molar-refractivity contribution >= 4 is 5.69 Å². The number of benzene rings is 1. The molecule has 0 amide bonds. The second kappa shape index (κ2) is 3.74. The highest BCUT2D eigenvalue weighted by atomic mass is 15.2. The molecule has 0 unspecified atom stereocenters. The number of hydrogen-bond acceptors (Lipinski definition) is 2. The number of piperidine rings is 1. The summed E-state index contributed by atoms with van der Waals surface area (Å²) in [6.07, 6.45) is 2.62. The smallest absolute Gasteiger partial charge is 0.0403 e. The van der Waals surface area contributed by atoms with Crippen LogP contribution >= 0.6 is 0 Å². The first-order valence-electron chi connectivity index (χ1n) is 6.62. The molecule has 0 aliphatic carbocycles. The summed E-state index contributed by atoms with van der Waals surface area (Å²) in [4.78, 5) is 4.90. The van der Waals surface area contributed by atoms with Gasteiger partial charge in [0.25, 0.3) is 0 Å². The van der Waals surface area contributed by atoms with Crippen LogP contribution in [0.2, 0.25) is 0 Å². The normalized spacial score (nSPS) is 23.1. The van der Waals surface area contributed by atoms with Crippen LogP contribution in [0.3, 0.4) is 0 Å². The van der Waals surface area contributed by atoms with Crippen LogP contribution in [0.15, 0.2) is 18.2 Å². The van der Waals surface area contributed by atoms with E-state index in [4.69, 9.17) is 0 Å². The predicted octanol–water partition coefficient (Wildman–Crippen LogP) is 2.41. The van der Waals surface area contributed by atoms with E-state index in [1.165, 1.54) is 43.7 Å². The molecule has 1 aromatic rings. The quantitative estimate of drug-likeness (QED) is 0.675. The first-order valence-corrected chi connectivity index (χ1v) is 6.62. The van der Waals surface area contributed by atoms with Crippen molar-refractivity contribution in [1.82, 2.24) is 4.90 Å². The molecule has 3 rings (SSSR count). The lowest BCUT2D eigenvalue weighted by Crippen LogP contribution is -2.43. The fourth-order valence-corrected chi connectivity index (χ4v) is 3.51. The number of fused-ring (bicyclic) bond motifs is 2. The summed E-state index contributed by atoms with van der Waals surface area (Å²) in [6.45, 7) is 5.89. The fraction of sp³-hybridized carbons (Fsp3) is 0.600. The van der Waals surface area contributed by atoms with Gasteiger partial charge in [-0.3, -0.25) is 0 Å². The molecule has 2 aliphatic rings. The molecular formula is C15H22N2. The third-order valence-corrected chi connectivity index (χ3v) is 4.62. The number of likely N-dealkylation sites (tertiary alicyclic amines) is 1. The Balaban J connectivity index is 2.02. The number of hydrogen-bond donors (Lipinski definition) is 0. The first-order chi connectivity index (χ1) is 8.11. The van der Waals surface area contributed by atoms with Crippen molar-refractivity contribution in [2.75, 3.05) is 38.6 Å². The Morgan fingerprint density at radius 3 is 2.53 bits per heavy atom. The number of nitrogens with zero attached hydrogens (tertiary/aromatic N) is 2. The average molecular weight is 230 g/mol. The topological polar surface area (TPSA) is 6.48 Å². The van der Waals surface area contributed by atoms with Crippen LogP contribution < -0.4 is 4.90 Å².